The second-order valence-corrected chi connectivity index (χ2v) is 6.17. The van der Waals surface area contributed by atoms with Crippen molar-refractivity contribution in [3.05, 3.63) is 38.4 Å². The summed E-state index contributed by atoms with van der Waals surface area (Å²) in [6, 6.07) is 3.91. The van der Waals surface area contributed by atoms with Crippen LogP contribution < -0.4 is 5.73 Å². The largest absolute Gasteiger partial charge is 0.384 e. The molecule has 0 spiro atoms. The molecule has 0 atom stereocenters. The summed E-state index contributed by atoms with van der Waals surface area (Å²) in [6.45, 7) is 3.51. The van der Waals surface area contributed by atoms with E-state index in [-0.39, 0.29) is 0 Å². The maximum Gasteiger partial charge on any atom is 0.144 e. The number of hydrogen-bond acceptors (Lipinski definition) is 5. The Morgan fingerprint density at radius 1 is 1.33 bits per heavy atom. The number of nitrogen functional groups attached to an aromatic ring is 1. The Balaban J connectivity index is 2.00. The van der Waals surface area contributed by atoms with Crippen molar-refractivity contribution in [3.8, 4) is 0 Å². The van der Waals surface area contributed by atoms with Crippen LogP contribution in [0.5, 0.6) is 0 Å². The Morgan fingerprint density at radius 2 is 2.11 bits per heavy atom. The first-order valence-corrected chi connectivity index (χ1v) is 7.21. The summed E-state index contributed by atoms with van der Waals surface area (Å²) in [5.41, 5.74) is 6.62. The molecule has 18 heavy (non-hydrogen) atoms. The van der Waals surface area contributed by atoms with Crippen molar-refractivity contribution < 1.29 is 0 Å². The number of thiophene rings is 1. The smallest absolute Gasteiger partial charge is 0.144 e. The number of anilines is 1. The average molecular weight is 327 g/mol. The Hall–Kier alpha value is -0.980. The fraction of sp³-hybridized carbons (Fsp3) is 0.333. The molecule has 6 heteroatoms. The number of nitrogens with zero attached hydrogens (tertiary/aromatic N) is 3. The molecule has 2 aromatic rings. The standard InChI is InChI=1S/C12H15BrN4S/c1-8-3-11(14)16-12(15-8)6-17(2)5-10-4-9(13)7-18-10/h3-4,7H,5-6H2,1-2H3,(H2,14,15,16). The van der Waals surface area contributed by atoms with Gasteiger partial charge in [0.05, 0.1) is 6.54 Å². The predicted molar refractivity (Wildman–Crippen MR) is 78.4 cm³/mol. The van der Waals surface area contributed by atoms with Crippen LogP contribution in [0.1, 0.15) is 16.4 Å². The predicted octanol–water partition coefficient (Wildman–Crippen LogP) is 2.82. The van der Waals surface area contributed by atoms with Crippen LogP contribution in [0.15, 0.2) is 22.0 Å². The van der Waals surface area contributed by atoms with E-state index < -0.39 is 0 Å². The van der Waals surface area contributed by atoms with Crippen molar-refractivity contribution in [2.24, 2.45) is 0 Å². The van der Waals surface area contributed by atoms with Crippen molar-refractivity contribution in [1.29, 1.82) is 0 Å². The second-order valence-electron chi connectivity index (χ2n) is 4.25. The first kappa shape index (κ1) is 13.5. The third-order valence-electron chi connectivity index (χ3n) is 2.38. The van der Waals surface area contributed by atoms with Crippen LogP contribution in [-0.2, 0) is 13.1 Å². The number of aryl methyl sites for hydroxylation is 1. The van der Waals surface area contributed by atoms with E-state index in [0.717, 1.165) is 22.5 Å². The zero-order chi connectivity index (χ0) is 13.1. The SMILES string of the molecule is Cc1cc(N)nc(CN(C)Cc2cc(Br)cs2)n1. The van der Waals surface area contributed by atoms with Gasteiger partial charge in [-0.3, -0.25) is 4.90 Å². The lowest BCUT2D eigenvalue weighted by Crippen LogP contribution is -2.19. The molecule has 2 heterocycles. The van der Waals surface area contributed by atoms with Crippen molar-refractivity contribution in [3.63, 3.8) is 0 Å². The fourth-order valence-electron chi connectivity index (χ4n) is 1.73. The van der Waals surface area contributed by atoms with Gasteiger partial charge in [-0.25, -0.2) is 9.97 Å². The quantitative estimate of drug-likeness (QED) is 0.938. The van der Waals surface area contributed by atoms with Gasteiger partial charge in [0.2, 0.25) is 0 Å². The summed E-state index contributed by atoms with van der Waals surface area (Å²) in [6.07, 6.45) is 0. The van der Waals surface area contributed by atoms with Crippen LogP contribution in [0.2, 0.25) is 0 Å². The van der Waals surface area contributed by atoms with Crippen LogP contribution >= 0.6 is 27.3 Å². The Bertz CT molecular complexity index is 520. The van der Waals surface area contributed by atoms with Crippen molar-refractivity contribution >= 4 is 33.1 Å². The second kappa shape index (κ2) is 5.77. The molecule has 0 aliphatic heterocycles. The maximum absolute atomic E-state index is 5.72. The molecule has 4 nitrogen and oxygen atoms in total. The minimum Gasteiger partial charge on any atom is -0.384 e. The zero-order valence-corrected chi connectivity index (χ0v) is 12.8. The number of halogens is 1. The van der Waals surface area contributed by atoms with Gasteiger partial charge in [-0.2, -0.15) is 0 Å². The molecule has 0 amide bonds. The molecule has 0 fully saturated rings. The molecule has 0 aliphatic carbocycles. The molecule has 0 saturated heterocycles. The van der Waals surface area contributed by atoms with Gasteiger partial charge in [0.15, 0.2) is 0 Å². The van der Waals surface area contributed by atoms with Gasteiger partial charge in [0.1, 0.15) is 11.6 Å². The Labute approximate surface area is 119 Å². The molecule has 0 bridgehead atoms. The molecular formula is C12H15BrN4S. The highest BCUT2D eigenvalue weighted by atomic mass is 79.9. The summed E-state index contributed by atoms with van der Waals surface area (Å²) in [4.78, 5) is 12.1. The molecule has 0 aromatic carbocycles. The van der Waals surface area contributed by atoms with Crippen LogP contribution in [0.4, 0.5) is 5.82 Å². The summed E-state index contributed by atoms with van der Waals surface area (Å²) in [7, 11) is 2.05. The molecule has 0 unspecified atom stereocenters. The zero-order valence-electron chi connectivity index (χ0n) is 10.4. The summed E-state index contributed by atoms with van der Waals surface area (Å²) in [5, 5.41) is 2.09. The Morgan fingerprint density at radius 3 is 2.72 bits per heavy atom. The third-order valence-corrected chi connectivity index (χ3v) is 4.06. The lowest BCUT2D eigenvalue weighted by Gasteiger charge is -2.14. The van der Waals surface area contributed by atoms with Crippen LogP contribution in [0, 0.1) is 6.92 Å². The van der Waals surface area contributed by atoms with Gasteiger partial charge in [-0.05, 0) is 36.0 Å². The first-order chi connectivity index (χ1) is 8.52. The highest BCUT2D eigenvalue weighted by Gasteiger charge is 2.07. The lowest BCUT2D eigenvalue weighted by atomic mass is 10.4. The molecule has 2 aromatic heterocycles. The molecule has 96 valence electrons. The molecular weight excluding hydrogens is 312 g/mol. The Kier molecular flexibility index (Phi) is 4.31. The molecule has 0 radical (unpaired) electrons. The average Bonchev–Trinajstić information content (AvgIpc) is 2.61. The van der Waals surface area contributed by atoms with E-state index in [2.05, 4.69) is 49.3 Å². The minimum atomic E-state index is 0.532. The van der Waals surface area contributed by atoms with E-state index in [1.807, 2.05) is 6.92 Å². The molecule has 0 saturated carbocycles. The van der Waals surface area contributed by atoms with E-state index in [0.29, 0.717) is 12.4 Å². The normalized spacial score (nSPS) is 11.1. The highest BCUT2D eigenvalue weighted by molar-refractivity contribution is 9.10. The van der Waals surface area contributed by atoms with Crippen molar-refractivity contribution in [2.75, 3.05) is 12.8 Å². The number of rotatable bonds is 4. The van der Waals surface area contributed by atoms with Gasteiger partial charge >= 0.3 is 0 Å². The summed E-state index contributed by atoms with van der Waals surface area (Å²) >= 11 is 5.20. The number of hydrogen-bond donors (Lipinski definition) is 1. The minimum absolute atomic E-state index is 0.532. The number of nitrogens with two attached hydrogens (primary N) is 1. The van der Waals surface area contributed by atoms with E-state index in [9.17, 15) is 0 Å². The van der Waals surface area contributed by atoms with Gasteiger partial charge in [-0.1, -0.05) is 0 Å². The van der Waals surface area contributed by atoms with Crippen molar-refractivity contribution in [2.45, 2.75) is 20.0 Å². The van der Waals surface area contributed by atoms with Gasteiger partial charge < -0.3 is 5.73 Å². The first-order valence-electron chi connectivity index (χ1n) is 5.54. The van der Waals surface area contributed by atoms with E-state index in [1.54, 1.807) is 17.4 Å². The molecule has 2 N–H and O–H groups in total. The number of aromatic nitrogens is 2. The van der Waals surface area contributed by atoms with Gasteiger partial charge in [0.25, 0.3) is 0 Å². The fourth-order valence-corrected chi connectivity index (χ4v) is 3.26. The van der Waals surface area contributed by atoms with Crippen LogP contribution in [0.3, 0.4) is 0 Å². The maximum atomic E-state index is 5.72. The van der Waals surface area contributed by atoms with Crippen molar-refractivity contribution in [1.82, 2.24) is 14.9 Å². The van der Waals surface area contributed by atoms with E-state index in [4.69, 9.17) is 5.73 Å². The van der Waals surface area contributed by atoms with Crippen LogP contribution in [0.25, 0.3) is 0 Å². The summed E-state index contributed by atoms with van der Waals surface area (Å²) in [5.74, 6) is 1.30. The third kappa shape index (κ3) is 3.76. The highest BCUT2D eigenvalue weighted by Crippen LogP contribution is 2.21. The van der Waals surface area contributed by atoms with E-state index >= 15 is 0 Å². The molecule has 2 rings (SSSR count). The summed E-state index contributed by atoms with van der Waals surface area (Å²) < 4.78 is 1.13. The van der Waals surface area contributed by atoms with Crippen LogP contribution in [-0.4, -0.2) is 21.9 Å². The lowest BCUT2D eigenvalue weighted by molar-refractivity contribution is 0.313. The topological polar surface area (TPSA) is 55.0 Å². The van der Waals surface area contributed by atoms with Gasteiger partial charge in [-0.15, -0.1) is 11.3 Å². The molecule has 0 aliphatic rings. The van der Waals surface area contributed by atoms with E-state index in [1.165, 1.54) is 4.88 Å². The van der Waals surface area contributed by atoms with Gasteiger partial charge in [0, 0.05) is 33.0 Å². The monoisotopic (exact) mass is 326 g/mol.